The summed E-state index contributed by atoms with van der Waals surface area (Å²) in [6.45, 7) is 1.98. The van der Waals surface area contributed by atoms with Crippen molar-refractivity contribution in [2.75, 3.05) is 31.2 Å². The molecule has 1 unspecified atom stereocenters. The van der Waals surface area contributed by atoms with Crippen LogP contribution >= 0.6 is 0 Å². The van der Waals surface area contributed by atoms with Crippen LogP contribution in [0.25, 0.3) is 0 Å². The number of nitrogens with one attached hydrogen (secondary N) is 1. The van der Waals surface area contributed by atoms with E-state index in [1.54, 1.807) is 18.2 Å². The van der Waals surface area contributed by atoms with Gasteiger partial charge >= 0.3 is 5.69 Å². The van der Waals surface area contributed by atoms with E-state index in [-0.39, 0.29) is 17.4 Å². The molecule has 1 aromatic carbocycles. The maximum absolute atomic E-state index is 11.0. The first-order chi connectivity index (χ1) is 8.58. The number of anilines is 2. The van der Waals surface area contributed by atoms with Crippen LogP contribution < -0.4 is 11.1 Å². The highest BCUT2D eigenvalue weighted by atomic mass is 16.6. The van der Waals surface area contributed by atoms with Crippen molar-refractivity contribution in [3.63, 3.8) is 0 Å². The predicted molar refractivity (Wildman–Crippen MR) is 71.7 cm³/mol. The summed E-state index contributed by atoms with van der Waals surface area (Å²) in [5.41, 5.74) is 6.36. The topological polar surface area (TPSA) is 84.4 Å². The summed E-state index contributed by atoms with van der Waals surface area (Å²) < 4.78 is 0. The lowest BCUT2D eigenvalue weighted by Crippen LogP contribution is -2.39. The molecule has 98 valence electrons. The SMILES string of the molecule is CN1CCCC(Nc2cccc(N)c2[N+](=O)[O-])C1. The Morgan fingerprint density at radius 3 is 3.00 bits per heavy atom. The smallest absolute Gasteiger partial charge is 0.314 e. The molecular weight excluding hydrogens is 232 g/mol. The summed E-state index contributed by atoms with van der Waals surface area (Å²) in [5.74, 6) is 0. The van der Waals surface area contributed by atoms with E-state index in [2.05, 4.69) is 17.3 Å². The Morgan fingerprint density at radius 2 is 2.33 bits per heavy atom. The zero-order valence-corrected chi connectivity index (χ0v) is 10.4. The molecule has 0 bridgehead atoms. The van der Waals surface area contributed by atoms with Gasteiger partial charge in [0, 0.05) is 12.6 Å². The largest absolute Gasteiger partial charge is 0.393 e. The number of rotatable bonds is 3. The molecule has 1 fully saturated rings. The summed E-state index contributed by atoms with van der Waals surface area (Å²) in [5, 5.41) is 14.3. The summed E-state index contributed by atoms with van der Waals surface area (Å²) in [6, 6.07) is 5.24. The number of nitro benzene ring substituents is 1. The molecule has 18 heavy (non-hydrogen) atoms. The van der Waals surface area contributed by atoms with Gasteiger partial charge in [-0.2, -0.15) is 0 Å². The minimum Gasteiger partial charge on any atom is -0.393 e. The van der Waals surface area contributed by atoms with Gasteiger partial charge in [-0.05, 0) is 38.6 Å². The molecule has 0 radical (unpaired) electrons. The van der Waals surface area contributed by atoms with Crippen LogP contribution in [0.3, 0.4) is 0 Å². The fourth-order valence-corrected chi connectivity index (χ4v) is 2.39. The lowest BCUT2D eigenvalue weighted by Gasteiger charge is -2.30. The van der Waals surface area contributed by atoms with Gasteiger partial charge in [0.2, 0.25) is 0 Å². The van der Waals surface area contributed by atoms with E-state index in [0.717, 1.165) is 25.9 Å². The number of likely N-dealkylation sites (N-methyl/N-ethyl adjacent to an activating group) is 1. The standard InChI is InChI=1S/C12H18N4O2/c1-15-7-3-4-9(8-15)14-11-6-2-5-10(13)12(11)16(17)18/h2,5-6,9,14H,3-4,7-8,13H2,1H3. The normalized spacial score (nSPS) is 20.6. The van der Waals surface area contributed by atoms with Crippen molar-refractivity contribution in [3.8, 4) is 0 Å². The third-order valence-corrected chi connectivity index (χ3v) is 3.23. The number of para-hydroxylation sites is 1. The molecule has 0 saturated carbocycles. The summed E-state index contributed by atoms with van der Waals surface area (Å²) in [7, 11) is 2.06. The second-order valence-corrected chi connectivity index (χ2v) is 4.75. The molecule has 1 aliphatic heterocycles. The van der Waals surface area contributed by atoms with E-state index in [0.29, 0.717) is 5.69 Å². The van der Waals surface area contributed by atoms with Gasteiger partial charge in [-0.1, -0.05) is 6.07 Å². The molecule has 6 nitrogen and oxygen atoms in total. The Bertz CT molecular complexity index is 450. The Balaban J connectivity index is 2.18. The maximum Gasteiger partial charge on any atom is 0.314 e. The molecule has 3 N–H and O–H groups in total. The first kappa shape index (κ1) is 12.6. The van der Waals surface area contributed by atoms with Gasteiger partial charge in [0.15, 0.2) is 0 Å². The average Bonchev–Trinajstić information content (AvgIpc) is 2.28. The minimum absolute atomic E-state index is 0.0225. The van der Waals surface area contributed by atoms with Gasteiger partial charge in [0.05, 0.1) is 4.92 Å². The van der Waals surface area contributed by atoms with E-state index >= 15 is 0 Å². The molecular formula is C12H18N4O2. The molecule has 6 heteroatoms. The van der Waals surface area contributed by atoms with Crippen molar-refractivity contribution in [2.45, 2.75) is 18.9 Å². The fraction of sp³-hybridized carbons (Fsp3) is 0.500. The van der Waals surface area contributed by atoms with E-state index < -0.39 is 4.92 Å². The van der Waals surface area contributed by atoms with E-state index in [9.17, 15) is 10.1 Å². The third-order valence-electron chi connectivity index (χ3n) is 3.23. The number of nitro groups is 1. The Kier molecular flexibility index (Phi) is 3.66. The number of hydrogen-bond acceptors (Lipinski definition) is 5. The molecule has 0 aromatic heterocycles. The summed E-state index contributed by atoms with van der Waals surface area (Å²) in [4.78, 5) is 12.8. The van der Waals surface area contributed by atoms with Gasteiger partial charge in [-0.3, -0.25) is 10.1 Å². The Morgan fingerprint density at radius 1 is 1.56 bits per heavy atom. The molecule has 2 rings (SSSR count). The van der Waals surface area contributed by atoms with Crippen LogP contribution in [-0.2, 0) is 0 Å². The van der Waals surface area contributed by atoms with E-state index in [1.807, 2.05) is 0 Å². The Labute approximate surface area is 106 Å². The number of nitrogen functional groups attached to an aromatic ring is 1. The molecule has 1 aliphatic rings. The number of likely N-dealkylation sites (tertiary alicyclic amines) is 1. The van der Waals surface area contributed by atoms with Crippen molar-refractivity contribution in [1.29, 1.82) is 0 Å². The number of nitrogens with zero attached hydrogens (tertiary/aromatic N) is 2. The van der Waals surface area contributed by atoms with Gasteiger partial charge in [-0.15, -0.1) is 0 Å². The first-order valence-electron chi connectivity index (χ1n) is 6.06. The minimum atomic E-state index is -0.426. The number of nitrogens with two attached hydrogens (primary N) is 1. The van der Waals surface area contributed by atoms with Crippen molar-refractivity contribution in [3.05, 3.63) is 28.3 Å². The van der Waals surface area contributed by atoms with Crippen LogP contribution in [0.2, 0.25) is 0 Å². The number of piperidine rings is 1. The van der Waals surface area contributed by atoms with Crippen molar-refractivity contribution in [1.82, 2.24) is 4.90 Å². The maximum atomic E-state index is 11.0. The molecule has 0 aliphatic carbocycles. The van der Waals surface area contributed by atoms with Gasteiger partial charge in [0.25, 0.3) is 0 Å². The zero-order valence-electron chi connectivity index (χ0n) is 10.4. The van der Waals surface area contributed by atoms with Gasteiger partial charge in [-0.25, -0.2) is 0 Å². The van der Waals surface area contributed by atoms with Crippen LogP contribution in [0.5, 0.6) is 0 Å². The first-order valence-corrected chi connectivity index (χ1v) is 6.06. The second kappa shape index (κ2) is 5.22. The number of benzene rings is 1. The zero-order chi connectivity index (χ0) is 13.1. The monoisotopic (exact) mass is 250 g/mol. The highest BCUT2D eigenvalue weighted by molar-refractivity contribution is 5.74. The average molecular weight is 250 g/mol. The number of hydrogen-bond donors (Lipinski definition) is 2. The fourth-order valence-electron chi connectivity index (χ4n) is 2.39. The summed E-state index contributed by atoms with van der Waals surface area (Å²) >= 11 is 0. The van der Waals surface area contributed by atoms with Gasteiger partial charge < -0.3 is 16.0 Å². The van der Waals surface area contributed by atoms with Crippen LogP contribution in [0.15, 0.2) is 18.2 Å². The molecule has 1 aromatic rings. The lowest BCUT2D eigenvalue weighted by atomic mass is 10.1. The van der Waals surface area contributed by atoms with E-state index in [1.165, 1.54) is 0 Å². The summed E-state index contributed by atoms with van der Waals surface area (Å²) in [6.07, 6.45) is 2.13. The van der Waals surface area contributed by atoms with E-state index in [4.69, 9.17) is 5.73 Å². The van der Waals surface area contributed by atoms with Crippen LogP contribution in [-0.4, -0.2) is 36.0 Å². The lowest BCUT2D eigenvalue weighted by molar-refractivity contribution is -0.383. The van der Waals surface area contributed by atoms with Crippen LogP contribution in [0, 0.1) is 10.1 Å². The van der Waals surface area contributed by atoms with Gasteiger partial charge in [0.1, 0.15) is 11.4 Å². The highest BCUT2D eigenvalue weighted by Crippen LogP contribution is 2.31. The third kappa shape index (κ3) is 2.70. The molecule has 1 saturated heterocycles. The molecule has 0 amide bonds. The van der Waals surface area contributed by atoms with Crippen molar-refractivity contribution >= 4 is 17.1 Å². The second-order valence-electron chi connectivity index (χ2n) is 4.75. The van der Waals surface area contributed by atoms with Crippen molar-refractivity contribution in [2.24, 2.45) is 0 Å². The molecule has 1 atom stereocenters. The Hall–Kier alpha value is -1.82. The quantitative estimate of drug-likeness (QED) is 0.484. The molecule has 0 spiro atoms. The highest BCUT2D eigenvalue weighted by Gasteiger charge is 2.22. The van der Waals surface area contributed by atoms with Crippen molar-refractivity contribution < 1.29 is 4.92 Å². The van der Waals surface area contributed by atoms with Crippen LogP contribution in [0.1, 0.15) is 12.8 Å². The molecule has 1 heterocycles. The van der Waals surface area contributed by atoms with Crippen LogP contribution in [0.4, 0.5) is 17.1 Å². The predicted octanol–water partition coefficient (Wildman–Crippen LogP) is 1.68.